The lowest BCUT2D eigenvalue weighted by Gasteiger charge is -2.25. The smallest absolute Gasteiger partial charge is 0.355 e. The van der Waals surface area contributed by atoms with Crippen molar-refractivity contribution in [2.24, 2.45) is 0 Å². The van der Waals surface area contributed by atoms with Crippen molar-refractivity contribution in [2.45, 2.75) is 24.2 Å². The van der Waals surface area contributed by atoms with E-state index in [0.717, 1.165) is 19.3 Å². The summed E-state index contributed by atoms with van der Waals surface area (Å²) in [5, 5.41) is 2.57. The van der Waals surface area contributed by atoms with E-state index in [1.807, 2.05) is 0 Å². The number of amides is 1. The first-order valence-electron chi connectivity index (χ1n) is 8.67. The third-order valence-electron chi connectivity index (χ3n) is 4.24. The third kappa shape index (κ3) is 4.75. The van der Waals surface area contributed by atoms with Gasteiger partial charge in [-0.1, -0.05) is 6.42 Å². The van der Waals surface area contributed by atoms with E-state index in [0.29, 0.717) is 18.8 Å². The van der Waals surface area contributed by atoms with Crippen LogP contribution < -0.4 is 5.32 Å². The summed E-state index contributed by atoms with van der Waals surface area (Å²) in [5.41, 5.74) is 0.684. The van der Waals surface area contributed by atoms with Crippen molar-refractivity contribution in [3.8, 4) is 0 Å². The maximum Gasteiger partial charge on any atom is 0.355 e. The Bertz CT molecular complexity index is 886. The van der Waals surface area contributed by atoms with Crippen LogP contribution in [0.2, 0.25) is 0 Å². The molecule has 0 atom stereocenters. The summed E-state index contributed by atoms with van der Waals surface area (Å²) in [7, 11) is -3.51. The van der Waals surface area contributed by atoms with Gasteiger partial charge in [0.05, 0.1) is 4.90 Å². The molecule has 0 unspecified atom stereocenters. The fourth-order valence-corrected chi connectivity index (χ4v) is 4.34. The Morgan fingerprint density at radius 2 is 1.78 bits per heavy atom. The number of carbonyl (C=O) groups excluding carboxylic acids is 2. The molecule has 1 aromatic heterocycles. The Morgan fingerprint density at radius 1 is 1.07 bits per heavy atom. The molecule has 2 aromatic rings. The average molecular weight is 391 g/mol. The number of hydrogen-bond donors (Lipinski definition) is 2. The second-order valence-electron chi connectivity index (χ2n) is 6.20. The Labute approximate surface area is 157 Å². The number of H-pyrrole nitrogens is 1. The van der Waals surface area contributed by atoms with Crippen LogP contribution in [0.25, 0.3) is 0 Å². The fourth-order valence-electron chi connectivity index (χ4n) is 2.83. The molecule has 1 aromatic carbocycles. The number of nitrogens with one attached hydrogen (secondary N) is 2. The highest BCUT2D eigenvalue weighted by Crippen LogP contribution is 2.21. The van der Waals surface area contributed by atoms with Crippen LogP contribution in [0.15, 0.2) is 47.5 Å². The molecule has 0 bridgehead atoms. The van der Waals surface area contributed by atoms with Crippen molar-refractivity contribution < 1.29 is 22.7 Å². The molecule has 2 heterocycles. The first kappa shape index (κ1) is 19.1. The van der Waals surface area contributed by atoms with Gasteiger partial charge < -0.3 is 15.0 Å². The summed E-state index contributed by atoms with van der Waals surface area (Å²) in [6, 6.07) is 9.15. The number of hydrogen-bond acceptors (Lipinski definition) is 5. The number of aromatic nitrogens is 1. The highest BCUT2D eigenvalue weighted by Gasteiger charge is 2.25. The standard InChI is InChI=1S/C18H21N3O5S/c22-17(13-26-18(23)16-5-4-10-19-16)20-14-6-8-15(9-7-14)27(24,25)21-11-2-1-3-12-21/h4-10,19H,1-3,11-13H2,(H,20,22). The monoisotopic (exact) mass is 391 g/mol. The molecule has 1 amide bonds. The molecule has 0 aliphatic carbocycles. The Balaban J connectivity index is 1.55. The van der Waals surface area contributed by atoms with Gasteiger partial charge in [0.1, 0.15) is 5.69 Å². The zero-order valence-electron chi connectivity index (χ0n) is 14.7. The van der Waals surface area contributed by atoms with Gasteiger partial charge in [-0.05, 0) is 49.2 Å². The summed E-state index contributed by atoms with van der Waals surface area (Å²) in [6.45, 7) is 0.631. The third-order valence-corrected chi connectivity index (χ3v) is 6.16. The van der Waals surface area contributed by atoms with Gasteiger partial charge in [0.2, 0.25) is 10.0 Å². The lowest BCUT2D eigenvalue weighted by atomic mass is 10.2. The van der Waals surface area contributed by atoms with E-state index in [2.05, 4.69) is 10.3 Å². The highest BCUT2D eigenvalue weighted by molar-refractivity contribution is 7.89. The number of sulfonamides is 1. The van der Waals surface area contributed by atoms with Gasteiger partial charge in [-0.15, -0.1) is 0 Å². The normalized spacial score (nSPS) is 15.3. The van der Waals surface area contributed by atoms with E-state index in [1.165, 1.54) is 28.6 Å². The minimum Gasteiger partial charge on any atom is -0.451 e. The Morgan fingerprint density at radius 3 is 2.41 bits per heavy atom. The van der Waals surface area contributed by atoms with E-state index in [1.54, 1.807) is 18.3 Å². The Hall–Kier alpha value is -2.65. The second-order valence-corrected chi connectivity index (χ2v) is 8.14. The number of carbonyl (C=O) groups is 2. The second kappa shape index (κ2) is 8.36. The molecular weight excluding hydrogens is 370 g/mol. The highest BCUT2D eigenvalue weighted by atomic mass is 32.2. The molecule has 1 aliphatic heterocycles. The van der Waals surface area contributed by atoms with Gasteiger partial charge in [-0.25, -0.2) is 13.2 Å². The van der Waals surface area contributed by atoms with Crippen molar-refractivity contribution in [2.75, 3.05) is 25.0 Å². The van der Waals surface area contributed by atoms with Crippen LogP contribution in [-0.4, -0.2) is 49.3 Å². The fraction of sp³-hybridized carbons (Fsp3) is 0.333. The molecule has 1 saturated heterocycles. The van der Waals surface area contributed by atoms with Crippen molar-refractivity contribution >= 4 is 27.6 Å². The van der Waals surface area contributed by atoms with E-state index in [9.17, 15) is 18.0 Å². The minimum atomic E-state index is -3.51. The number of nitrogens with zero attached hydrogens (tertiary/aromatic N) is 1. The van der Waals surface area contributed by atoms with Crippen LogP contribution in [0, 0.1) is 0 Å². The summed E-state index contributed by atoms with van der Waals surface area (Å²) in [6.07, 6.45) is 4.37. The molecule has 1 fully saturated rings. The molecule has 27 heavy (non-hydrogen) atoms. The van der Waals surface area contributed by atoms with Crippen molar-refractivity contribution in [3.63, 3.8) is 0 Å². The number of esters is 1. The first-order valence-corrected chi connectivity index (χ1v) is 10.1. The zero-order valence-corrected chi connectivity index (χ0v) is 15.5. The van der Waals surface area contributed by atoms with Crippen LogP contribution >= 0.6 is 0 Å². The van der Waals surface area contributed by atoms with E-state index in [-0.39, 0.29) is 10.6 Å². The summed E-state index contributed by atoms with van der Waals surface area (Å²) in [5.74, 6) is -1.14. The lowest BCUT2D eigenvalue weighted by Crippen LogP contribution is -2.35. The Kier molecular flexibility index (Phi) is 5.92. The van der Waals surface area contributed by atoms with Gasteiger partial charge in [0.15, 0.2) is 6.61 Å². The number of ether oxygens (including phenoxy) is 1. The summed E-state index contributed by atoms with van der Waals surface area (Å²) >= 11 is 0. The minimum absolute atomic E-state index is 0.195. The van der Waals surface area contributed by atoms with Crippen LogP contribution in [0.1, 0.15) is 29.8 Å². The van der Waals surface area contributed by atoms with Gasteiger partial charge in [0.25, 0.3) is 5.91 Å². The number of piperidine rings is 1. The number of anilines is 1. The van der Waals surface area contributed by atoms with E-state index >= 15 is 0 Å². The molecule has 1 aliphatic rings. The molecule has 0 spiro atoms. The van der Waals surface area contributed by atoms with Crippen molar-refractivity contribution in [1.82, 2.24) is 9.29 Å². The quantitative estimate of drug-likeness (QED) is 0.732. The first-order chi connectivity index (χ1) is 13.0. The van der Waals surface area contributed by atoms with Gasteiger partial charge >= 0.3 is 5.97 Å². The van der Waals surface area contributed by atoms with Crippen LogP contribution in [0.3, 0.4) is 0 Å². The predicted molar refractivity (Wildman–Crippen MR) is 98.8 cm³/mol. The van der Waals surface area contributed by atoms with Crippen molar-refractivity contribution in [3.05, 3.63) is 48.3 Å². The number of aromatic amines is 1. The van der Waals surface area contributed by atoms with Gasteiger partial charge in [0, 0.05) is 25.0 Å². The summed E-state index contributed by atoms with van der Waals surface area (Å²) in [4.78, 5) is 26.4. The zero-order chi connectivity index (χ0) is 19.3. The SMILES string of the molecule is O=C(COC(=O)c1ccc[nH]1)Nc1ccc(S(=O)(=O)N2CCCCC2)cc1. The topological polar surface area (TPSA) is 109 Å². The number of rotatable bonds is 6. The molecule has 144 valence electrons. The molecular formula is C18H21N3O5S. The molecule has 0 radical (unpaired) electrons. The summed E-state index contributed by atoms with van der Waals surface area (Å²) < 4.78 is 31.6. The molecule has 2 N–H and O–H groups in total. The molecule has 9 heteroatoms. The van der Waals surface area contributed by atoms with E-state index in [4.69, 9.17) is 4.74 Å². The van der Waals surface area contributed by atoms with Crippen molar-refractivity contribution in [1.29, 1.82) is 0 Å². The van der Waals surface area contributed by atoms with Crippen LogP contribution in [0.5, 0.6) is 0 Å². The van der Waals surface area contributed by atoms with Crippen LogP contribution in [-0.2, 0) is 19.6 Å². The molecule has 8 nitrogen and oxygen atoms in total. The van der Waals surface area contributed by atoms with Crippen LogP contribution in [0.4, 0.5) is 5.69 Å². The largest absolute Gasteiger partial charge is 0.451 e. The van der Waals surface area contributed by atoms with Gasteiger partial charge in [-0.2, -0.15) is 4.31 Å². The van der Waals surface area contributed by atoms with Gasteiger partial charge in [-0.3, -0.25) is 4.79 Å². The van der Waals surface area contributed by atoms with E-state index < -0.39 is 28.5 Å². The maximum absolute atomic E-state index is 12.6. The maximum atomic E-state index is 12.6. The number of benzene rings is 1. The predicted octanol–water partition coefficient (Wildman–Crippen LogP) is 1.98. The lowest BCUT2D eigenvalue weighted by molar-refractivity contribution is -0.119. The molecule has 0 saturated carbocycles. The molecule has 3 rings (SSSR count). The average Bonchev–Trinajstić information content (AvgIpc) is 3.22.